The lowest BCUT2D eigenvalue weighted by molar-refractivity contribution is -0.384. The molecule has 0 amide bonds. The summed E-state index contributed by atoms with van der Waals surface area (Å²) in [5.74, 6) is 0.270. The van der Waals surface area contributed by atoms with Crippen molar-refractivity contribution in [3.05, 3.63) is 69.8 Å². The first-order valence-corrected chi connectivity index (χ1v) is 7.18. The Bertz CT molecular complexity index is 656. The molecule has 5 nitrogen and oxygen atoms in total. The highest BCUT2D eigenvalue weighted by molar-refractivity contribution is 5.79. The lowest BCUT2D eigenvalue weighted by Gasteiger charge is -2.17. The maximum Gasteiger partial charge on any atom is 0.293 e. The smallest absolute Gasteiger partial charge is 0.293 e. The Morgan fingerprint density at radius 1 is 1.23 bits per heavy atom. The summed E-state index contributed by atoms with van der Waals surface area (Å²) in [4.78, 5) is 21.4. The highest BCUT2D eigenvalue weighted by Crippen LogP contribution is 2.27. The third-order valence-electron chi connectivity index (χ3n) is 3.66. The van der Waals surface area contributed by atoms with Crippen LogP contribution in [0.2, 0.25) is 0 Å². The SMILES string of the molecule is CC[C@@H](CNc1ccc(C=O)cc1[N+](=O)[O-])c1ccccc1. The van der Waals surface area contributed by atoms with Gasteiger partial charge in [-0.25, -0.2) is 0 Å². The number of nitro groups is 1. The lowest BCUT2D eigenvalue weighted by atomic mass is 9.96. The van der Waals surface area contributed by atoms with Crippen LogP contribution in [0.15, 0.2) is 48.5 Å². The molecule has 0 aliphatic heterocycles. The van der Waals surface area contributed by atoms with Gasteiger partial charge in [-0.05, 0) is 24.1 Å². The monoisotopic (exact) mass is 298 g/mol. The van der Waals surface area contributed by atoms with E-state index in [4.69, 9.17) is 0 Å². The van der Waals surface area contributed by atoms with E-state index >= 15 is 0 Å². The van der Waals surface area contributed by atoms with Crippen molar-refractivity contribution >= 4 is 17.7 Å². The van der Waals surface area contributed by atoms with Gasteiger partial charge in [-0.1, -0.05) is 37.3 Å². The highest BCUT2D eigenvalue weighted by Gasteiger charge is 2.16. The van der Waals surface area contributed by atoms with Crippen LogP contribution in [0.25, 0.3) is 0 Å². The van der Waals surface area contributed by atoms with Crippen molar-refractivity contribution in [2.24, 2.45) is 0 Å². The molecule has 2 rings (SSSR count). The molecule has 1 atom stereocenters. The molecular formula is C17H18N2O3. The van der Waals surface area contributed by atoms with Crippen molar-refractivity contribution in [1.82, 2.24) is 0 Å². The second-order valence-electron chi connectivity index (χ2n) is 5.05. The first-order chi connectivity index (χ1) is 10.7. The van der Waals surface area contributed by atoms with Crippen molar-refractivity contribution in [2.75, 3.05) is 11.9 Å². The number of hydrogen-bond donors (Lipinski definition) is 1. The van der Waals surface area contributed by atoms with Crippen LogP contribution in [0.1, 0.15) is 35.2 Å². The number of rotatable bonds is 7. The van der Waals surface area contributed by atoms with Gasteiger partial charge in [0.2, 0.25) is 0 Å². The second kappa shape index (κ2) is 7.36. The number of hydrogen-bond acceptors (Lipinski definition) is 4. The van der Waals surface area contributed by atoms with E-state index in [0.717, 1.165) is 6.42 Å². The van der Waals surface area contributed by atoms with Gasteiger partial charge in [-0.3, -0.25) is 14.9 Å². The van der Waals surface area contributed by atoms with Crippen LogP contribution < -0.4 is 5.32 Å². The summed E-state index contributed by atoms with van der Waals surface area (Å²) in [6.07, 6.45) is 1.53. The van der Waals surface area contributed by atoms with Crippen molar-refractivity contribution in [3.63, 3.8) is 0 Å². The zero-order valence-electron chi connectivity index (χ0n) is 12.4. The van der Waals surface area contributed by atoms with Gasteiger partial charge in [-0.15, -0.1) is 0 Å². The van der Waals surface area contributed by atoms with Crippen molar-refractivity contribution in [2.45, 2.75) is 19.3 Å². The van der Waals surface area contributed by atoms with Crippen LogP contribution in [-0.4, -0.2) is 17.8 Å². The topological polar surface area (TPSA) is 72.2 Å². The molecule has 0 bridgehead atoms. The maximum atomic E-state index is 11.1. The number of nitro benzene ring substituents is 1. The van der Waals surface area contributed by atoms with Crippen LogP contribution >= 0.6 is 0 Å². The molecule has 2 aromatic carbocycles. The zero-order chi connectivity index (χ0) is 15.9. The van der Waals surface area contributed by atoms with Gasteiger partial charge in [0.1, 0.15) is 12.0 Å². The maximum absolute atomic E-state index is 11.1. The molecule has 0 saturated heterocycles. The average Bonchev–Trinajstić information content (AvgIpc) is 2.56. The first kappa shape index (κ1) is 15.7. The van der Waals surface area contributed by atoms with E-state index in [2.05, 4.69) is 24.4 Å². The van der Waals surface area contributed by atoms with Crippen LogP contribution in [0.3, 0.4) is 0 Å². The van der Waals surface area contributed by atoms with Crippen LogP contribution in [0.4, 0.5) is 11.4 Å². The molecular weight excluding hydrogens is 280 g/mol. The molecule has 0 radical (unpaired) electrons. The molecule has 0 spiro atoms. The van der Waals surface area contributed by atoms with E-state index in [1.165, 1.54) is 11.6 Å². The van der Waals surface area contributed by atoms with E-state index in [0.29, 0.717) is 24.1 Å². The summed E-state index contributed by atoms with van der Waals surface area (Å²) in [5.41, 5.74) is 1.86. The summed E-state index contributed by atoms with van der Waals surface area (Å²) in [5, 5.41) is 14.3. The van der Waals surface area contributed by atoms with E-state index in [1.54, 1.807) is 12.1 Å². The summed E-state index contributed by atoms with van der Waals surface area (Å²) in [6, 6.07) is 14.5. The average molecular weight is 298 g/mol. The fourth-order valence-electron chi connectivity index (χ4n) is 2.38. The number of carbonyl (C=O) groups excluding carboxylic acids is 1. The largest absolute Gasteiger partial charge is 0.379 e. The minimum absolute atomic E-state index is 0.0764. The molecule has 0 saturated carbocycles. The number of nitrogens with zero attached hydrogens (tertiary/aromatic N) is 1. The van der Waals surface area contributed by atoms with Crippen molar-refractivity contribution < 1.29 is 9.72 Å². The summed E-state index contributed by atoms with van der Waals surface area (Å²) in [6.45, 7) is 2.69. The van der Waals surface area contributed by atoms with E-state index in [-0.39, 0.29) is 11.6 Å². The second-order valence-corrected chi connectivity index (χ2v) is 5.05. The van der Waals surface area contributed by atoms with Crippen LogP contribution in [0, 0.1) is 10.1 Å². The molecule has 0 aliphatic rings. The third-order valence-corrected chi connectivity index (χ3v) is 3.66. The van der Waals surface area contributed by atoms with Gasteiger partial charge in [0.15, 0.2) is 0 Å². The van der Waals surface area contributed by atoms with Gasteiger partial charge in [0.25, 0.3) is 5.69 Å². The van der Waals surface area contributed by atoms with Crippen molar-refractivity contribution in [3.8, 4) is 0 Å². The fourth-order valence-corrected chi connectivity index (χ4v) is 2.38. The Kier molecular flexibility index (Phi) is 5.25. The molecule has 114 valence electrons. The minimum atomic E-state index is -0.473. The van der Waals surface area contributed by atoms with E-state index < -0.39 is 4.92 Å². The predicted octanol–water partition coefficient (Wildman–Crippen LogP) is 4.01. The molecule has 2 aromatic rings. The van der Waals surface area contributed by atoms with Gasteiger partial charge in [-0.2, -0.15) is 0 Å². The highest BCUT2D eigenvalue weighted by atomic mass is 16.6. The van der Waals surface area contributed by atoms with E-state index in [1.807, 2.05) is 18.2 Å². The molecule has 22 heavy (non-hydrogen) atoms. The molecule has 5 heteroatoms. The Labute approximate surface area is 129 Å². The number of carbonyl (C=O) groups is 1. The number of nitrogens with one attached hydrogen (secondary N) is 1. The molecule has 1 N–H and O–H groups in total. The summed E-state index contributed by atoms with van der Waals surface area (Å²) in [7, 11) is 0. The van der Waals surface area contributed by atoms with E-state index in [9.17, 15) is 14.9 Å². The molecule has 0 fully saturated rings. The quantitative estimate of drug-likeness (QED) is 0.476. The summed E-state index contributed by atoms with van der Waals surface area (Å²) >= 11 is 0. The molecule has 0 unspecified atom stereocenters. The number of anilines is 1. The van der Waals surface area contributed by atoms with Gasteiger partial charge in [0, 0.05) is 24.1 Å². The van der Waals surface area contributed by atoms with Gasteiger partial charge in [0.05, 0.1) is 4.92 Å². The van der Waals surface area contributed by atoms with Crippen LogP contribution in [-0.2, 0) is 0 Å². The molecule has 0 heterocycles. The number of benzene rings is 2. The van der Waals surface area contributed by atoms with Gasteiger partial charge >= 0.3 is 0 Å². The predicted molar refractivity (Wildman–Crippen MR) is 86.4 cm³/mol. The molecule has 0 aromatic heterocycles. The zero-order valence-corrected chi connectivity index (χ0v) is 12.4. The first-order valence-electron chi connectivity index (χ1n) is 7.18. The fraction of sp³-hybridized carbons (Fsp3) is 0.235. The Hall–Kier alpha value is -2.69. The van der Waals surface area contributed by atoms with Crippen LogP contribution in [0.5, 0.6) is 0 Å². The normalized spacial score (nSPS) is 11.7. The Morgan fingerprint density at radius 2 is 1.95 bits per heavy atom. The minimum Gasteiger partial charge on any atom is -0.379 e. The Balaban J connectivity index is 2.16. The number of aldehydes is 1. The standard InChI is InChI=1S/C17H18N2O3/c1-2-14(15-6-4-3-5-7-15)11-18-16-9-8-13(12-20)10-17(16)19(21)22/h3-10,12,14,18H,2,11H2,1H3/t14-/m0/s1. The third kappa shape index (κ3) is 3.69. The molecule has 0 aliphatic carbocycles. The lowest BCUT2D eigenvalue weighted by Crippen LogP contribution is -2.13. The van der Waals surface area contributed by atoms with Crippen molar-refractivity contribution in [1.29, 1.82) is 0 Å². The summed E-state index contributed by atoms with van der Waals surface area (Å²) < 4.78 is 0. The van der Waals surface area contributed by atoms with Gasteiger partial charge < -0.3 is 5.32 Å². The Morgan fingerprint density at radius 3 is 2.55 bits per heavy atom.